The van der Waals surface area contributed by atoms with Crippen LogP contribution < -0.4 is 0 Å². The second kappa shape index (κ2) is 5.09. The van der Waals surface area contributed by atoms with Crippen molar-refractivity contribution in [2.75, 3.05) is 0 Å². The summed E-state index contributed by atoms with van der Waals surface area (Å²) in [7, 11) is 0. The molecule has 0 fully saturated rings. The minimum absolute atomic E-state index is 0.0582. The molecule has 2 atom stereocenters. The number of rotatable bonds is 3. The Morgan fingerprint density at radius 3 is 2.36 bits per heavy atom. The third kappa shape index (κ3) is 2.93. The topological polar surface area (TPSA) is 40.5 Å². The van der Waals surface area contributed by atoms with E-state index in [1.54, 1.807) is 0 Å². The molecule has 1 unspecified atom stereocenters. The molecule has 0 aliphatic carbocycles. The second-order valence-electron chi connectivity index (χ2n) is 3.73. The van der Waals surface area contributed by atoms with Crippen molar-refractivity contribution in [3.05, 3.63) is 33.4 Å². The van der Waals surface area contributed by atoms with E-state index in [0.717, 1.165) is 9.13 Å². The largest absolute Gasteiger partial charge is 0.390 e. The Bertz CT molecular complexity index is 299. The highest BCUT2D eigenvalue weighted by Crippen LogP contribution is 2.22. The van der Waals surface area contributed by atoms with Gasteiger partial charge in [0.25, 0.3) is 0 Å². The lowest BCUT2D eigenvalue weighted by atomic mass is 9.96. The van der Waals surface area contributed by atoms with Gasteiger partial charge in [0.15, 0.2) is 0 Å². The lowest BCUT2D eigenvalue weighted by molar-refractivity contribution is -0.00942. The Balaban J connectivity index is 2.83. The molecular weight excluding hydrogens is 291 g/mol. The SMILES string of the molecule is CC(C)C(O)[C@H](O)c1cccc(I)c1. The summed E-state index contributed by atoms with van der Waals surface area (Å²) in [6.45, 7) is 3.78. The van der Waals surface area contributed by atoms with Crippen molar-refractivity contribution in [3.63, 3.8) is 0 Å². The van der Waals surface area contributed by atoms with E-state index in [1.807, 2.05) is 38.1 Å². The van der Waals surface area contributed by atoms with Crippen LogP contribution in [0, 0.1) is 9.49 Å². The molecule has 1 rings (SSSR count). The van der Waals surface area contributed by atoms with Crippen molar-refractivity contribution >= 4 is 22.6 Å². The van der Waals surface area contributed by atoms with Crippen LogP contribution in [0.25, 0.3) is 0 Å². The molecule has 0 amide bonds. The van der Waals surface area contributed by atoms with E-state index in [2.05, 4.69) is 22.6 Å². The van der Waals surface area contributed by atoms with Crippen molar-refractivity contribution in [3.8, 4) is 0 Å². The van der Waals surface area contributed by atoms with E-state index < -0.39 is 12.2 Å². The van der Waals surface area contributed by atoms with Crippen molar-refractivity contribution in [1.29, 1.82) is 0 Å². The Morgan fingerprint density at radius 2 is 1.86 bits per heavy atom. The van der Waals surface area contributed by atoms with Gasteiger partial charge in [-0.15, -0.1) is 0 Å². The van der Waals surface area contributed by atoms with Gasteiger partial charge in [-0.25, -0.2) is 0 Å². The minimum Gasteiger partial charge on any atom is -0.390 e. The first kappa shape index (κ1) is 11.9. The number of benzene rings is 1. The van der Waals surface area contributed by atoms with Crippen LogP contribution in [0.4, 0.5) is 0 Å². The third-order valence-electron chi connectivity index (χ3n) is 2.20. The van der Waals surface area contributed by atoms with E-state index in [4.69, 9.17) is 0 Å². The van der Waals surface area contributed by atoms with Gasteiger partial charge in [0.1, 0.15) is 6.10 Å². The highest BCUT2D eigenvalue weighted by molar-refractivity contribution is 14.1. The first-order valence-corrected chi connectivity index (χ1v) is 5.72. The predicted octanol–water partition coefficient (Wildman–Crippen LogP) is 2.34. The molecule has 3 heteroatoms. The molecule has 0 radical (unpaired) electrons. The number of aliphatic hydroxyl groups excluding tert-OH is 2. The first-order chi connectivity index (χ1) is 6.52. The monoisotopic (exact) mass is 306 g/mol. The van der Waals surface area contributed by atoms with Gasteiger partial charge in [-0.3, -0.25) is 0 Å². The predicted molar refractivity (Wildman–Crippen MR) is 65.0 cm³/mol. The first-order valence-electron chi connectivity index (χ1n) is 4.64. The molecule has 0 saturated carbocycles. The van der Waals surface area contributed by atoms with Gasteiger partial charge in [0.05, 0.1) is 6.10 Å². The zero-order chi connectivity index (χ0) is 10.7. The van der Waals surface area contributed by atoms with Crippen LogP contribution in [0.15, 0.2) is 24.3 Å². The molecule has 0 saturated heterocycles. The number of halogens is 1. The zero-order valence-electron chi connectivity index (χ0n) is 8.31. The van der Waals surface area contributed by atoms with Crippen LogP contribution in [0.5, 0.6) is 0 Å². The quantitative estimate of drug-likeness (QED) is 0.842. The number of hydrogen-bond acceptors (Lipinski definition) is 2. The average molecular weight is 306 g/mol. The summed E-state index contributed by atoms with van der Waals surface area (Å²) in [5, 5.41) is 19.5. The Labute approximate surface area is 98.1 Å². The van der Waals surface area contributed by atoms with Crippen LogP contribution in [0.2, 0.25) is 0 Å². The van der Waals surface area contributed by atoms with Gasteiger partial charge in [-0.2, -0.15) is 0 Å². The summed E-state index contributed by atoms with van der Waals surface area (Å²) >= 11 is 2.19. The fourth-order valence-electron chi connectivity index (χ4n) is 1.25. The van der Waals surface area contributed by atoms with Crippen molar-refractivity contribution in [2.45, 2.75) is 26.1 Å². The van der Waals surface area contributed by atoms with Gasteiger partial charge in [-0.05, 0) is 46.2 Å². The summed E-state index contributed by atoms with van der Waals surface area (Å²) in [4.78, 5) is 0. The van der Waals surface area contributed by atoms with Crippen LogP contribution >= 0.6 is 22.6 Å². The highest BCUT2D eigenvalue weighted by atomic mass is 127. The summed E-state index contributed by atoms with van der Waals surface area (Å²) in [6, 6.07) is 7.56. The molecule has 0 spiro atoms. The van der Waals surface area contributed by atoms with Crippen molar-refractivity contribution in [1.82, 2.24) is 0 Å². The van der Waals surface area contributed by atoms with Crippen LogP contribution in [0.3, 0.4) is 0 Å². The molecule has 0 aliphatic rings. The van der Waals surface area contributed by atoms with Crippen LogP contribution in [-0.4, -0.2) is 16.3 Å². The summed E-state index contributed by atoms with van der Waals surface area (Å²) < 4.78 is 1.06. The molecule has 78 valence electrons. The standard InChI is InChI=1S/C11H15IO2/c1-7(2)10(13)11(14)8-4-3-5-9(12)6-8/h3-7,10-11,13-14H,1-2H3/t10?,11-/m1/s1. The molecule has 1 aromatic rings. The van der Waals surface area contributed by atoms with E-state index >= 15 is 0 Å². The zero-order valence-corrected chi connectivity index (χ0v) is 10.5. The molecule has 14 heavy (non-hydrogen) atoms. The van der Waals surface area contributed by atoms with E-state index in [1.165, 1.54) is 0 Å². The fraction of sp³-hybridized carbons (Fsp3) is 0.455. The summed E-state index contributed by atoms with van der Waals surface area (Å²) in [5.74, 6) is 0.0582. The maximum atomic E-state index is 9.83. The van der Waals surface area contributed by atoms with Crippen LogP contribution in [0.1, 0.15) is 25.5 Å². The van der Waals surface area contributed by atoms with Crippen molar-refractivity contribution in [2.24, 2.45) is 5.92 Å². The average Bonchev–Trinajstić information content (AvgIpc) is 2.15. The van der Waals surface area contributed by atoms with Gasteiger partial charge in [0, 0.05) is 3.57 Å². The summed E-state index contributed by atoms with van der Waals surface area (Å²) in [5.41, 5.74) is 0.776. The van der Waals surface area contributed by atoms with Gasteiger partial charge in [-0.1, -0.05) is 26.0 Å². The fourth-order valence-corrected chi connectivity index (χ4v) is 1.82. The second-order valence-corrected chi connectivity index (χ2v) is 4.98. The maximum absolute atomic E-state index is 9.83. The molecule has 0 aliphatic heterocycles. The van der Waals surface area contributed by atoms with Crippen LogP contribution in [-0.2, 0) is 0 Å². The molecule has 2 N–H and O–H groups in total. The van der Waals surface area contributed by atoms with Crippen molar-refractivity contribution < 1.29 is 10.2 Å². The summed E-state index contributed by atoms with van der Waals surface area (Å²) in [6.07, 6.45) is -1.49. The van der Waals surface area contributed by atoms with Gasteiger partial charge >= 0.3 is 0 Å². The molecule has 2 nitrogen and oxygen atoms in total. The molecule has 0 aromatic heterocycles. The molecule has 0 bridgehead atoms. The van der Waals surface area contributed by atoms with E-state index in [-0.39, 0.29) is 5.92 Å². The smallest absolute Gasteiger partial charge is 0.105 e. The third-order valence-corrected chi connectivity index (χ3v) is 2.87. The Hall–Kier alpha value is -0.130. The lowest BCUT2D eigenvalue weighted by Crippen LogP contribution is -2.23. The Morgan fingerprint density at radius 1 is 1.21 bits per heavy atom. The Kier molecular flexibility index (Phi) is 4.34. The molecule has 1 aromatic carbocycles. The minimum atomic E-state index is -0.787. The van der Waals surface area contributed by atoms with E-state index in [0.29, 0.717) is 0 Å². The highest BCUT2D eigenvalue weighted by Gasteiger charge is 2.21. The van der Waals surface area contributed by atoms with Gasteiger partial charge in [0.2, 0.25) is 0 Å². The number of hydrogen-bond donors (Lipinski definition) is 2. The number of aliphatic hydroxyl groups is 2. The maximum Gasteiger partial charge on any atom is 0.105 e. The molecule has 0 heterocycles. The molecular formula is C11H15IO2. The van der Waals surface area contributed by atoms with Gasteiger partial charge < -0.3 is 10.2 Å². The normalized spacial score (nSPS) is 15.6. The lowest BCUT2D eigenvalue weighted by Gasteiger charge is -2.21. The van der Waals surface area contributed by atoms with E-state index in [9.17, 15) is 10.2 Å².